The number of aliphatic hydroxyl groups is 1. The van der Waals surface area contributed by atoms with Crippen LogP contribution in [0, 0.1) is 0 Å². The van der Waals surface area contributed by atoms with Crippen LogP contribution in [0.15, 0.2) is 48.5 Å². The third-order valence-electron chi connectivity index (χ3n) is 3.38. The van der Waals surface area contributed by atoms with E-state index in [0.717, 1.165) is 6.54 Å². The number of rotatable bonds is 6. The molecular formula is C18H23NO. The summed E-state index contributed by atoms with van der Waals surface area (Å²) in [6.07, 6.45) is 0.694. The average Bonchev–Trinajstić information content (AvgIpc) is 2.46. The maximum atomic E-state index is 9.28. The van der Waals surface area contributed by atoms with E-state index in [9.17, 15) is 5.11 Å². The maximum Gasteiger partial charge on any atom is 0.0471 e. The molecule has 0 aromatic heterocycles. The molecule has 0 radical (unpaired) electrons. The molecule has 0 saturated carbocycles. The smallest absolute Gasteiger partial charge is 0.0471 e. The first kappa shape index (κ1) is 14.8. The Morgan fingerprint density at radius 3 is 2.30 bits per heavy atom. The van der Waals surface area contributed by atoms with Gasteiger partial charge in [0.1, 0.15) is 0 Å². The van der Waals surface area contributed by atoms with Crippen LogP contribution in [0.5, 0.6) is 0 Å². The van der Waals surface area contributed by atoms with Gasteiger partial charge in [0.15, 0.2) is 0 Å². The minimum absolute atomic E-state index is 0.181. The third-order valence-corrected chi connectivity index (χ3v) is 3.38. The SMILES string of the molecule is CC(C)NCc1cccc(CCO)c1-c1ccccc1. The van der Waals surface area contributed by atoms with Gasteiger partial charge in [-0.15, -0.1) is 0 Å². The molecule has 0 atom stereocenters. The largest absolute Gasteiger partial charge is 0.396 e. The Balaban J connectivity index is 2.43. The minimum atomic E-state index is 0.181. The van der Waals surface area contributed by atoms with Crippen molar-refractivity contribution >= 4 is 0 Å². The lowest BCUT2D eigenvalue weighted by atomic mass is 9.92. The molecule has 0 unspecified atom stereocenters. The Bertz CT molecular complexity index is 534. The van der Waals surface area contributed by atoms with Crippen LogP contribution in [0.3, 0.4) is 0 Å². The first-order chi connectivity index (χ1) is 9.72. The molecule has 0 amide bonds. The monoisotopic (exact) mass is 269 g/mol. The average molecular weight is 269 g/mol. The van der Waals surface area contributed by atoms with E-state index in [0.29, 0.717) is 12.5 Å². The summed E-state index contributed by atoms with van der Waals surface area (Å²) in [4.78, 5) is 0. The van der Waals surface area contributed by atoms with Gasteiger partial charge in [-0.2, -0.15) is 0 Å². The van der Waals surface area contributed by atoms with E-state index in [1.165, 1.54) is 22.3 Å². The molecule has 2 aromatic rings. The Labute approximate surface area is 121 Å². The van der Waals surface area contributed by atoms with Crippen LogP contribution in [0.2, 0.25) is 0 Å². The van der Waals surface area contributed by atoms with Crippen LogP contribution in [-0.2, 0) is 13.0 Å². The van der Waals surface area contributed by atoms with Gasteiger partial charge in [0.25, 0.3) is 0 Å². The number of hydrogen-bond donors (Lipinski definition) is 2. The quantitative estimate of drug-likeness (QED) is 0.842. The Kier molecular flexibility index (Phi) is 5.33. The highest BCUT2D eigenvalue weighted by Crippen LogP contribution is 2.28. The summed E-state index contributed by atoms with van der Waals surface area (Å²) in [5.74, 6) is 0. The third kappa shape index (κ3) is 3.69. The van der Waals surface area contributed by atoms with Gasteiger partial charge in [0.05, 0.1) is 0 Å². The summed E-state index contributed by atoms with van der Waals surface area (Å²) in [5.41, 5.74) is 4.98. The van der Waals surface area contributed by atoms with Crippen LogP contribution in [0.4, 0.5) is 0 Å². The second-order valence-corrected chi connectivity index (χ2v) is 5.33. The van der Waals surface area contributed by atoms with E-state index < -0.39 is 0 Å². The van der Waals surface area contributed by atoms with Crippen molar-refractivity contribution in [2.45, 2.75) is 32.9 Å². The molecule has 0 saturated heterocycles. The molecule has 2 N–H and O–H groups in total. The van der Waals surface area contributed by atoms with Gasteiger partial charge < -0.3 is 10.4 Å². The van der Waals surface area contributed by atoms with Crippen molar-refractivity contribution in [2.24, 2.45) is 0 Å². The summed E-state index contributed by atoms with van der Waals surface area (Å²) >= 11 is 0. The second-order valence-electron chi connectivity index (χ2n) is 5.33. The zero-order chi connectivity index (χ0) is 14.4. The molecule has 0 fully saturated rings. The maximum absolute atomic E-state index is 9.28. The van der Waals surface area contributed by atoms with Crippen molar-refractivity contribution in [1.29, 1.82) is 0 Å². The summed E-state index contributed by atoms with van der Waals surface area (Å²) in [7, 11) is 0. The summed E-state index contributed by atoms with van der Waals surface area (Å²) in [6.45, 7) is 5.33. The van der Waals surface area contributed by atoms with Gasteiger partial charge in [0.2, 0.25) is 0 Å². The highest BCUT2D eigenvalue weighted by molar-refractivity contribution is 5.71. The first-order valence-electron chi connectivity index (χ1n) is 7.22. The van der Waals surface area contributed by atoms with Gasteiger partial charge >= 0.3 is 0 Å². The molecule has 0 aliphatic heterocycles. The molecule has 106 valence electrons. The Morgan fingerprint density at radius 2 is 1.65 bits per heavy atom. The molecule has 2 nitrogen and oxygen atoms in total. The fourth-order valence-electron chi connectivity index (χ4n) is 2.42. The summed E-state index contributed by atoms with van der Waals surface area (Å²) in [5, 5.41) is 12.8. The predicted molar refractivity (Wildman–Crippen MR) is 84.6 cm³/mol. The van der Waals surface area contributed by atoms with Crippen molar-refractivity contribution in [3.05, 3.63) is 59.7 Å². The summed E-state index contributed by atoms with van der Waals surface area (Å²) < 4.78 is 0. The lowest BCUT2D eigenvalue weighted by molar-refractivity contribution is 0.300. The standard InChI is InChI=1S/C18H23NO/c1-14(2)19-13-17-10-6-9-16(11-12-20)18(17)15-7-4-3-5-8-15/h3-10,14,19-20H,11-13H2,1-2H3. The minimum Gasteiger partial charge on any atom is -0.396 e. The van der Waals surface area contributed by atoms with Gasteiger partial charge in [-0.1, -0.05) is 62.4 Å². The van der Waals surface area contributed by atoms with Crippen LogP contribution in [-0.4, -0.2) is 17.8 Å². The van der Waals surface area contributed by atoms with Crippen molar-refractivity contribution < 1.29 is 5.11 Å². The van der Waals surface area contributed by atoms with Crippen molar-refractivity contribution in [3.63, 3.8) is 0 Å². The molecule has 2 rings (SSSR count). The van der Waals surface area contributed by atoms with Crippen LogP contribution < -0.4 is 5.32 Å². The number of aliphatic hydroxyl groups excluding tert-OH is 1. The van der Waals surface area contributed by atoms with Crippen LogP contribution >= 0.6 is 0 Å². The molecule has 2 heteroatoms. The topological polar surface area (TPSA) is 32.3 Å². The number of hydrogen-bond acceptors (Lipinski definition) is 2. The van der Waals surface area contributed by atoms with E-state index >= 15 is 0 Å². The first-order valence-corrected chi connectivity index (χ1v) is 7.22. The Morgan fingerprint density at radius 1 is 0.950 bits per heavy atom. The molecule has 0 spiro atoms. The lowest BCUT2D eigenvalue weighted by Crippen LogP contribution is -2.22. The van der Waals surface area contributed by atoms with E-state index in [-0.39, 0.29) is 6.61 Å². The zero-order valence-electron chi connectivity index (χ0n) is 12.3. The van der Waals surface area contributed by atoms with Gasteiger partial charge in [-0.05, 0) is 28.7 Å². The van der Waals surface area contributed by atoms with E-state index in [1.54, 1.807) is 0 Å². The van der Waals surface area contributed by atoms with Crippen LogP contribution in [0.1, 0.15) is 25.0 Å². The second kappa shape index (κ2) is 7.22. The van der Waals surface area contributed by atoms with E-state index in [2.05, 4.69) is 61.6 Å². The predicted octanol–water partition coefficient (Wildman–Crippen LogP) is 3.39. The molecule has 0 heterocycles. The molecule has 0 bridgehead atoms. The van der Waals surface area contributed by atoms with Gasteiger partial charge in [-0.25, -0.2) is 0 Å². The zero-order valence-corrected chi connectivity index (χ0v) is 12.3. The molecule has 20 heavy (non-hydrogen) atoms. The fourth-order valence-corrected chi connectivity index (χ4v) is 2.42. The van der Waals surface area contributed by atoms with Crippen LogP contribution in [0.25, 0.3) is 11.1 Å². The fraction of sp³-hybridized carbons (Fsp3) is 0.333. The van der Waals surface area contributed by atoms with Gasteiger partial charge in [-0.3, -0.25) is 0 Å². The van der Waals surface area contributed by atoms with Gasteiger partial charge in [0, 0.05) is 19.2 Å². The molecular weight excluding hydrogens is 246 g/mol. The number of nitrogens with one attached hydrogen (secondary N) is 1. The number of benzene rings is 2. The van der Waals surface area contributed by atoms with E-state index in [4.69, 9.17) is 0 Å². The normalized spacial score (nSPS) is 11.0. The molecule has 0 aliphatic rings. The highest BCUT2D eigenvalue weighted by Gasteiger charge is 2.10. The molecule has 0 aliphatic carbocycles. The lowest BCUT2D eigenvalue weighted by Gasteiger charge is -2.16. The van der Waals surface area contributed by atoms with Crippen molar-refractivity contribution in [1.82, 2.24) is 5.32 Å². The van der Waals surface area contributed by atoms with E-state index in [1.807, 2.05) is 6.07 Å². The summed E-state index contributed by atoms with van der Waals surface area (Å²) in [6, 6.07) is 17.2. The Hall–Kier alpha value is -1.64. The van der Waals surface area contributed by atoms with Crippen molar-refractivity contribution in [3.8, 4) is 11.1 Å². The van der Waals surface area contributed by atoms with Crippen molar-refractivity contribution in [2.75, 3.05) is 6.61 Å². The molecule has 2 aromatic carbocycles. The highest BCUT2D eigenvalue weighted by atomic mass is 16.2.